The van der Waals surface area contributed by atoms with Crippen LogP contribution in [0.15, 0.2) is 0 Å². The van der Waals surface area contributed by atoms with Crippen LogP contribution in [-0.4, -0.2) is 50.6 Å². The van der Waals surface area contributed by atoms with Crippen molar-refractivity contribution in [2.45, 2.75) is 46.0 Å². The van der Waals surface area contributed by atoms with Gasteiger partial charge >= 0.3 is 5.97 Å². The fourth-order valence-corrected chi connectivity index (χ4v) is 6.20. The molecule has 1 unspecified atom stereocenters. The minimum Gasteiger partial charge on any atom is -0.462 e. The van der Waals surface area contributed by atoms with E-state index in [1.54, 1.807) is 6.92 Å². The SMILES string of the molecule is CCOC(=O)c1c(NC(=O)C2CCN(S(C)(=O)=O)CC2)sc2c1CCC(C)C2. The first-order valence-electron chi connectivity index (χ1n) is 9.78. The van der Waals surface area contributed by atoms with Gasteiger partial charge in [-0.1, -0.05) is 6.92 Å². The van der Waals surface area contributed by atoms with Gasteiger partial charge in [-0.25, -0.2) is 17.5 Å². The van der Waals surface area contributed by atoms with E-state index in [-0.39, 0.29) is 24.4 Å². The molecule has 1 aliphatic carbocycles. The summed E-state index contributed by atoms with van der Waals surface area (Å²) in [6, 6.07) is 0. The first-order chi connectivity index (χ1) is 13.2. The number of nitrogens with zero attached hydrogens (tertiary/aromatic N) is 1. The zero-order chi connectivity index (χ0) is 20.5. The Bertz CT molecular complexity index is 854. The number of carbonyl (C=O) groups is 2. The molecule has 2 aliphatic rings. The summed E-state index contributed by atoms with van der Waals surface area (Å²) in [5.74, 6) is -0.224. The van der Waals surface area contributed by atoms with Gasteiger partial charge in [0.1, 0.15) is 5.00 Å². The van der Waals surface area contributed by atoms with E-state index in [1.807, 2.05) is 0 Å². The van der Waals surface area contributed by atoms with Crippen LogP contribution in [0.25, 0.3) is 0 Å². The number of amides is 1. The van der Waals surface area contributed by atoms with Crippen molar-refractivity contribution >= 4 is 38.2 Å². The summed E-state index contributed by atoms with van der Waals surface area (Å²) in [5.41, 5.74) is 1.53. The number of thiophene rings is 1. The average molecular weight is 429 g/mol. The van der Waals surface area contributed by atoms with Crippen molar-refractivity contribution < 1.29 is 22.7 Å². The normalized spacial score (nSPS) is 21.2. The Labute approximate surface area is 170 Å². The third-order valence-corrected chi connectivity index (χ3v) is 7.99. The van der Waals surface area contributed by atoms with E-state index in [0.717, 1.165) is 29.7 Å². The Kier molecular flexibility index (Phi) is 6.46. The van der Waals surface area contributed by atoms with Gasteiger partial charge in [0, 0.05) is 23.9 Å². The number of nitrogens with one attached hydrogen (secondary N) is 1. The lowest BCUT2D eigenvalue weighted by atomic mass is 9.88. The van der Waals surface area contributed by atoms with Crippen LogP contribution >= 0.6 is 11.3 Å². The maximum absolute atomic E-state index is 12.8. The second kappa shape index (κ2) is 8.51. The average Bonchev–Trinajstić information content (AvgIpc) is 2.98. The van der Waals surface area contributed by atoms with Crippen LogP contribution in [0.3, 0.4) is 0 Å². The van der Waals surface area contributed by atoms with Crippen LogP contribution in [0.1, 0.15) is 53.9 Å². The first kappa shape index (κ1) is 21.3. The Morgan fingerprint density at radius 3 is 2.54 bits per heavy atom. The molecule has 1 aliphatic heterocycles. The summed E-state index contributed by atoms with van der Waals surface area (Å²) in [6.45, 7) is 4.95. The van der Waals surface area contributed by atoms with E-state index in [2.05, 4.69) is 12.2 Å². The Morgan fingerprint density at radius 2 is 1.93 bits per heavy atom. The van der Waals surface area contributed by atoms with Gasteiger partial charge < -0.3 is 10.1 Å². The van der Waals surface area contributed by atoms with Crippen LogP contribution < -0.4 is 5.32 Å². The third kappa shape index (κ3) is 4.58. The third-order valence-electron chi connectivity index (χ3n) is 5.52. The molecular weight excluding hydrogens is 400 g/mol. The smallest absolute Gasteiger partial charge is 0.341 e. The van der Waals surface area contributed by atoms with Crippen molar-refractivity contribution in [3.63, 3.8) is 0 Å². The zero-order valence-electron chi connectivity index (χ0n) is 16.6. The predicted molar refractivity (Wildman–Crippen MR) is 109 cm³/mol. The molecule has 0 radical (unpaired) electrons. The van der Waals surface area contributed by atoms with Gasteiger partial charge in [0.05, 0.1) is 18.4 Å². The molecule has 7 nitrogen and oxygen atoms in total. The molecule has 0 spiro atoms. The summed E-state index contributed by atoms with van der Waals surface area (Å²) >= 11 is 1.48. The molecule has 156 valence electrons. The minimum atomic E-state index is -3.22. The molecule has 1 fully saturated rings. The molecule has 28 heavy (non-hydrogen) atoms. The topological polar surface area (TPSA) is 92.8 Å². The quantitative estimate of drug-likeness (QED) is 0.728. The summed E-state index contributed by atoms with van der Waals surface area (Å²) in [6.07, 6.45) is 4.91. The van der Waals surface area contributed by atoms with Gasteiger partial charge in [0.15, 0.2) is 0 Å². The fraction of sp³-hybridized carbons (Fsp3) is 0.684. The molecule has 0 aromatic carbocycles. The van der Waals surface area contributed by atoms with Crippen molar-refractivity contribution in [1.82, 2.24) is 4.31 Å². The van der Waals surface area contributed by atoms with Crippen molar-refractivity contribution in [2.75, 3.05) is 31.3 Å². The number of rotatable bonds is 5. The van der Waals surface area contributed by atoms with Crippen molar-refractivity contribution in [1.29, 1.82) is 0 Å². The number of anilines is 1. The molecule has 0 bridgehead atoms. The van der Waals surface area contributed by atoms with E-state index in [0.29, 0.717) is 42.4 Å². The van der Waals surface area contributed by atoms with E-state index in [9.17, 15) is 18.0 Å². The van der Waals surface area contributed by atoms with Crippen molar-refractivity contribution in [3.05, 3.63) is 16.0 Å². The Hall–Kier alpha value is -1.45. The molecule has 1 atom stereocenters. The highest BCUT2D eigenvalue weighted by Crippen LogP contribution is 2.40. The largest absolute Gasteiger partial charge is 0.462 e. The molecule has 2 heterocycles. The number of carbonyl (C=O) groups excluding carboxylic acids is 2. The molecule has 1 N–H and O–H groups in total. The molecule has 1 saturated heterocycles. The number of sulfonamides is 1. The Morgan fingerprint density at radius 1 is 1.25 bits per heavy atom. The van der Waals surface area contributed by atoms with Gasteiger partial charge in [-0.05, 0) is 50.5 Å². The number of piperidine rings is 1. The first-order valence-corrected chi connectivity index (χ1v) is 12.4. The van der Waals surface area contributed by atoms with Crippen LogP contribution in [0.4, 0.5) is 5.00 Å². The highest BCUT2D eigenvalue weighted by atomic mass is 32.2. The lowest BCUT2D eigenvalue weighted by molar-refractivity contribution is -0.120. The molecule has 0 saturated carbocycles. The number of hydrogen-bond donors (Lipinski definition) is 1. The van der Waals surface area contributed by atoms with Gasteiger partial charge in [0.2, 0.25) is 15.9 Å². The predicted octanol–water partition coefficient (Wildman–Crippen LogP) is 2.66. The van der Waals surface area contributed by atoms with Crippen LogP contribution in [0.5, 0.6) is 0 Å². The van der Waals surface area contributed by atoms with Gasteiger partial charge in [-0.3, -0.25) is 4.79 Å². The van der Waals surface area contributed by atoms with Gasteiger partial charge in [0.25, 0.3) is 0 Å². The van der Waals surface area contributed by atoms with Crippen molar-refractivity contribution in [3.8, 4) is 0 Å². The molecular formula is C19H28N2O5S2. The molecule has 1 aromatic rings. The van der Waals surface area contributed by atoms with Crippen LogP contribution in [0.2, 0.25) is 0 Å². The summed E-state index contributed by atoms with van der Waals surface area (Å²) < 4.78 is 29.9. The van der Waals surface area contributed by atoms with Gasteiger partial charge in [-0.15, -0.1) is 11.3 Å². The number of esters is 1. The zero-order valence-corrected chi connectivity index (χ0v) is 18.2. The second-order valence-electron chi connectivity index (χ2n) is 7.70. The standard InChI is InChI=1S/C19H28N2O5S2/c1-4-26-19(23)16-14-6-5-12(2)11-15(14)27-18(16)20-17(22)13-7-9-21(10-8-13)28(3,24)25/h12-13H,4-11H2,1-3H3,(H,20,22). The summed E-state index contributed by atoms with van der Waals surface area (Å²) in [7, 11) is -3.22. The maximum atomic E-state index is 12.8. The number of hydrogen-bond acceptors (Lipinski definition) is 6. The van der Waals surface area contributed by atoms with Crippen LogP contribution in [-0.2, 0) is 32.4 Å². The lowest BCUT2D eigenvalue weighted by Gasteiger charge is -2.29. The Balaban J connectivity index is 1.76. The summed E-state index contributed by atoms with van der Waals surface area (Å²) in [4.78, 5) is 26.5. The molecule has 9 heteroatoms. The van der Waals surface area contributed by atoms with Gasteiger partial charge in [-0.2, -0.15) is 0 Å². The number of fused-ring (bicyclic) bond motifs is 1. The highest BCUT2D eigenvalue weighted by Gasteiger charge is 2.32. The number of ether oxygens (including phenoxy) is 1. The second-order valence-corrected chi connectivity index (χ2v) is 10.8. The lowest BCUT2D eigenvalue weighted by Crippen LogP contribution is -2.40. The van der Waals surface area contributed by atoms with E-state index < -0.39 is 10.0 Å². The van der Waals surface area contributed by atoms with E-state index >= 15 is 0 Å². The minimum absolute atomic E-state index is 0.148. The molecule has 3 rings (SSSR count). The fourth-order valence-electron chi connectivity index (χ4n) is 3.92. The molecule has 1 amide bonds. The van der Waals surface area contributed by atoms with Crippen LogP contribution in [0, 0.1) is 11.8 Å². The monoisotopic (exact) mass is 428 g/mol. The van der Waals surface area contributed by atoms with Crippen molar-refractivity contribution in [2.24, 2.45) is 11.8 Å². The van der Waals surface area contributed by atoms with E-state index in [1.165, 1.54) is 21.9 Å². The molecule has 1 aromatic heterocycles. The highest BCUT2D eigenvalue weighted by molar-refractivity contribution is 7.88. The van der Waals surface area contributed by atoms with E-state index in [4.69, 9.17) is 4.74 Å². The maximum Gasteiger partial charge on any atom is 0.341 e. The summed E-state index contributed by atoms with van der Waals surface area (Å²) in [5, 5.41) is 3.53.